The van der Waals surface area contributed by atoms with Gasteiger partial charge in [-0.25, -0.2) is 0 Å². The normalized spacial score (nSPS) is 17.9. The van der Waals surface area contributed by atoms with Crippen LogP contribution in [-0.2, 0) is 16.1 Å². The molecule has 0 radical (unpaired) electrons. The Morgan fingerprint density at radius 1 is 1.38 bits per heavy atom. The molecule has 2 N–H and O–H groups in total. The molecular formula is C18H33IN4O3. The van der Waals surface area contributed by atoms with Crippen molar-refractivity contribution in [3.63, 3.8) is 0 Å². The summed E-state index contributed by atoms with van der Waals surface area (Å²) in [6, 6.07) is 4.35. The molecule has 2 rings (SSSR count). The molecule has 0 aromatic carbocycles. The highest BCUT2D eigenvalue weighted by Crippen LogP contribution is 2.15. The molecule has 1 fully saturated rings. The van der Waals surface area contributed by atoms with Crippen molar-refractivity contribution in [3.05, 3.63) is 24.2 Å². The van der Waals surface area contributed by atoms with Gasteiger partial charge in [0.25, 0.3) is 0 Å². The minimum Gasteiger partial charge on any atom is -0.467 e. The van der Waals surface area contributed by atoms with E-state index < -0.39 is 0 Å². The molecule has 1 saturated heterocycles. The first-order chi connectivity index (χ1) is 12.3. The maximum atomic E-state index is 5.57. The number of methoxy groups -OCH3 is 1. The third-order valence-corrected chi connectivity index (χ3v) is 4.39. The van der Waals surface area contributed by atoms with Crippen LogP contribution in [0.4, 0.5) is 0 Å². The highest BCUT2D eigenvalue weighted by atomic mass is 127. The molecular weight excluding hydrogens is 447 g/mol. The largest absolute Gasteiger partial charge is 0.467 e. The zero-order valence-corrected chi connectivity index (χ0v) is 18.2. The number of nitrogens with one attached hydrogen (secondary N) is 2. The van der Waals surface area contributed by atoms with Crippen LogP contribution in [0.15, 0.2) is 27.8 Å². The summed E-state index contributed by atoms with van der Waals surface area (Å²) in [7, 11) is 3.56. The van der Waals surface area contributed by atoms with Crippen molar-refractivity contribution in [3.8, 4) is 0 Å². The van der Waals surface area contributed by atoms with Gasteiger partial charge in [-0.15, -0.1) is 24.0 Å². The Morgan fingerprint density at radius 3 is 3.00 bits per heavy atom. The lowest BCUT2D eigenvalue weighted by atomic mass is 10.2. The molecule has 1 aromatic rings. The molecule has 1 aliphatic rings. The SMILES string of the molecule is CN=C(NCCCOCc1ccco1)NCC1CCCN1CCOC.I. The van der Waals surface area contributed by atoms with Gasteiger partial charge in [-0.2, -0.15) is 0 Å². The Hall–Kier alpha value is -0.840. The van der Waals surface area contributed by atoms with E-state index in [4.69, 9.17) is 13.9 Å². The first kappa shape index (κ1) is 23.2. The van der Waals surface area contributed by atoms with Crippen LogP contribution >= 0.6 is 24.0 Å². The molecule has 150 valence electrons. The third kappa shape index (κ3) is 8.70. The Bertz CT molecular complexity index is 485. The molecule has 8 heteroatoms. The summed E-state index contributed by atoms with van der Waals surface area (Å²) in [6.07, 6.45) is 5.07. The van der Waals surface area contributed by atoms with Crippen LogP contribution in [0.2, 0.25) is 0 Å². The summed E-state index contributed by atoms with van der Waals surface area (Å²) in [6.45, 7) is 5.92. The lowest BCUT2D eigenvalue weighted by Gasteiger charge is -2.25. The van der Waals surface area contributed by atoms with E-state index in [1.807, 2.05) is 12.1 Å². The lowest BCUT2D eigenvalue weighted by molar-refractivity contribution is 0.105. The van der Waals surface area contributed by atoms with Crippen LogP contribution in [0.1, 0.15) is 25.0 Å². The molecule has 0 amide bonds. The average molecular weight is 480 g/mol. The van der Waals surface area contributed by atoms with E-state index in [2.05, 4.69) is 20.5 Å². The maximum Gasteiger partial charge on any atom is 0.191 e. The Labute approximate surface area is 173 Å². The van der Waals surface area contributed by atoms with Crippen molar-refractivity contribution in [2.24, 2.45) is 4.99 Å². The number of guanidine groups is 1. The molecule has 0 aliphatic carbocycles. The number of ether oxygens (including phenoxy) is 2. The van der Waals surface area contributed by atoms with Gasteiger partial charge >= 0.3 is 0 Å². The quantitative estimate of drug-likeness (QED) is 0.219. The number of nitrogens with zero attached hydrogens (tertiary/aromatic N) is 2. The third-order valence-electron chi connectivity index (χ3n) is 4.39. The van der Waals surface area contributed by atoms with Gasteiger partial charge < -0.3 is 24.5 Å². The Kier molecular flexibility index (Phi) is 12.7. The Morgan fingerprint density at radius 2 is 2.27 bits per heavy atom. The van der Waals surface area contributed by atoms with Crippen molar-refractivity contribution >= 4 is 29.9 Å². The highest BCUT2D eigenvalue weighted by molar-refractivity contribution is 14.0. The molecule has 1 unspecified atom stereocenters. The fourth-order valence-electron chi connectivity index (χ4n) is 3.01. The van der Waals surface area contributed by atoms with Crippen LogP contribution in [0, 0.1) is 0 Å². The van der Waals surface area contributed by atoms with Crippen molar-refractivity contribution in [2.75, 3.05) is 53.6 Å². The monoisotopic (exact) mass is 480 g/mol. The zero-order chi connectivity index (χ0) is 17.7. The summed E-state index contributed by atoms with van der Waals surface area (Å²) in [5.41, 5.74) is 0. The van der Waals surface area contributed by atoms with Gasteiger partial charge in [0.1, 0.15) is 12.4 Å². The maximum absolute atomic E-state index is 5.57. The van der Waals surface area contributed by atoms with Crippen LogP contribution in [0.3, 0.4) is 0 Å². The van der Waals surface area contributed by atoms with Gasteiger partial charge in [0.05, 0.1) is 12.9 Å². The zero-order valence-electron chi connectivity index (χ0n) is 15.9. The predicted molar refractivity (Wildman–Crippen MR) is 114 cm³/mol. The van der Waals surface area contributed by atoms with E-state index in [-0.39, 0.29) is 24.0 Å². The van der Waals surface area contributed by atoms with Gasteiger partial charge in [-0.3, -0.25) is 9.89 Å². The van der Waals surface area contributed by atoms with Gasteiger partial charge in [0, 0.05) is 46.4 Å². The minimum absolute atomic E-state index is 0. The lowest BCUT2D eigenvalue weighted by Crippen LogP contribution is -2.45. The van der Waals surface area contributed by atoms with Crippen LogP contribution in [0.25, 0.3) is 0 Å². The number of furan rings is 1. The summed E-state index contributed by atoms with van der Waals surface area (Å²) in [5.74, 6) is 1.71. The summed E-state index contributed by atoms with van der Waals surface area (Å²) in [4.78, 5) is 6.78. The van der Waals surface area contributed by atoms with E-state index in [1.54, 1.807) is 20.4 Å². The molecule has 1 atom stereocenters. The number of likely N-dealkylation sites (tertiary alicyclic amines) is 1. The molecule has 7 nitrogen and oxygen atoms in total. The van der Waals surface area contributed by atoms with E-state index >= 15 is 0 Å². The van der Waals surface area contributed by atoms with Crippen LogP contribution in [0.5, 0.6) is 0 Å². The van der Waals surface area contributed by atoms with E-state index in [9.17, 15) is 0 Å². The second-order valence-electron chi connectivity index (χ2n) is 6.19. The molecule has 2 heterocycles. The van der Waals surface area contributed by atoms with Crippen molar-refractivity contribution < 1.29 is 13.9 Å². The van der Waals surface area contributed by atoms with Gasteiger partial charge in [0.2, 0.25) is 0 Å². The molecule has 0 spiro atoms. The smallest absolute Gasteiger partial charge is 0.191 e. The van der Waals surface area contributed by atoms with Crippen LogP contribution < -0.4 is 10.6 Å². The number of hydrogen-bond donors (Lipinski definition) is 2. The number of rotatable bonds is 11. The number of aliphatic imine (C=N–C) groups is 1. The van der Waals surface area contributed by atoms with Gasteiger partial charge in [0.15, 0.2) is 5.96 Å². The highest BCUT2D eigenvalue weighted by Gasteiger charge is 2.23. The first-order valence-corrected chi connectivity index (χ1v) is 9.11. The van der Waals surface area contributed by atoms with E-state index in [0.29, 0.717) is 19.3 Å². The Balaban J connectivity index is 0.00000338. The van der Waals surface area contributed by atoms with Crippen molar-refractivity contribution in [2.45, 2.75) is 31.9 Å². The summed E-state index contributed by atoms with van der Waals surface area (Å²) >= 11 is 0. The fourth-order valence-corrected chi connectivity index (χ4v) is 3.01. The van der Waals surface area contributed by atoms with Crippen molar-refractivity contribution in [1.29, 1.82) is 0 Å². The van der Waals surface area contributed by atoms with Crippen molar-refractivity contribution in [1.82, 2.24) is 15.5 Å². The average Bonchev–Trinajstić information content (AvgIpc) is 3.30. The standard InChI is InChI=1S/C18H32N4O3.HI/c1-19-18(20-8-5-11-24-15-17-7-4-12-25-17)21-14-16-6-3-9-22(16)10-13-23-2;/h4,7,12,16H,3,5-6,8-11,13-15H2,1-2H3,(H2,19,20,21);1H. The van der Waals surface area contributed by atoms with Gasteiger partial charge in [-0.05, 0) is 37.9 Å². The summed E-state index contributed by atoms with van der Waals surface area (Å²) in [5, 5.41) is 6.77. The first-order valence-electron chi connectivity index (χ1n) is 9.11. The molecule has 1 aliphatic heterocycles. The minimum atomic E-state index is 0. The number of halogens is 1. The number of hydrogen-bond acceptors (Lipinski definition) is 5. The second kappa shape index (κ2) is 14.2. The molecule has 26 heavy (non-hydrogen) atoms. The second-order valence-corrected chi connectivity index (χ2v) is 6.19. The van der Waals surface area contributed by atoms with E-state index in [1.165, 1.54) is 12.8 Å². The van der Waals surface area contributed by atoms with Gasteiger partial charge in [-0.1, -0.05) is 0 Å². The molecule has 0 saturated carbocycles. The van der Waals surface area contributed by atoms with E-state index in [0.717, 1.165) is 50.9 Å². The predicted octanol–water partition coefficient (Wildman–Crippen LogP) is 2.08. The fraction of sp³-hybridized carbons (Fsp3) is 0.722. The summed E-state index contributed by atoms with van der Waals surface area (Å²) < 4.78 is 16.0. The van der Waals surface area contributed by atoms with Crippen LogP contribution in [-0.4, -0.2) is 70.5 Å². The molecule has 1 aromatic heterocycles. The molecule has 0 bridgehead atoms. The topological polar surface area (TPSA) is 71.3 Å².